The van der Waals surface area contributed by atoms with E-state index in [2.05, 4.69) is 4.98 Å². The molecule has 0 saturated carbocycles. The Morgan fingerprint density at radius 2 is 1.94 bits per heavy atom. The van der Waals surface area contributed by atoms with Gasteiger partial charge in [0.05, 0.1) is 0 Å². The number of hydrogen-bond donors (Lipinski definition) is 1. The summed E-state index contributed by atoms with van der Waals surface area (Å²) in [7, 11) is 0. The molecule has 0 fully saturated rings. The number of aliphatic hydroxyl groups is 1. The number of ketones is 1. The van der Waals surface area contributed by atoms with Crippen molar-refractivity contribution in [3.63, 3.8) is 0 Å². The molecule has 18 heavy (non-hydrogen) atoms. The molecule has 0 unspecified atom stereocenters. The van der Waals surface area contributed by atoms with Crippen LogP contribution in [-0.2, 0) is 4.79 Å². The molecule has 2 aromatic rings. The number of allylic oxidation sites excluding steroid dienone is 2. The van der Waals surface area contributed by atoms with Gasteiger partial charge in [-0.15, -0.1) is 0 Å². The van der Waals surface area contributed by atoms with Crippen LogP contribution in [0.4, 0.5) is 0 Å². The van der Waals surface area contributed by atoms with E-state index in [1.807, 2.05) is 26.0 Å². The van der Waals surface area contributed by atoms with E-state index in [1.165, 1.54) is 13.8 Å². The maximum absolute atomic E-state index is 11.5. The Morgan fingerprint density at radius 3 is 2.50 bits per heavy atom. The van der Waals surface area contributed by atoms with Crippen LogP contribution in [0.15, 0.2) is 22.3 Å². The molecule has 0 aliphatic carbocycles. The number of aryl methyl sites for hydroxylation is 2. The smallest absolute Gasteiger partial charge is 0.234 e. The Hall–Kier alpha value is -2.10. The van der Waals surface area contributed by atoms with Crippen LogP contribution in [0.1, 0.15) is 30.9 Å². The molecule has 0 saturated heterocycles. The fourth-order valence-corrected chi connectivity index (χ4v) is 1.89. The van der Waals surface area contributed by atoms with Crippen LogP contribution in [0, 0.1) is 13.8 Å². The van der Waals surface area contributed by atoms with Gasteiger partial charge in [0, 0.05) is 0 Å². The van der Waals surface area contributed by atoms with Gasteiger partial charge in [0.1, 0.15) is 16.8 Å². The van der Waals surface area contributed by atoms with Gasteiger partial charge in [0.25, 0.3) is 0 Å². The average Bonchev–Trinajstić information content (AvgIpc) is 2.67. The van der Waals surface area contributed by atoms with Crippen LogP contribution in [0.3, 0.4) is 0 Å². The predicted octanol–water partition coefficient (Wildman–Crippen LogP) is 3.32. The summed E-state index contributed by atoms with van der Waals surface area (Å²) < 4.78 is 5.61. The van der Waals surface area contributed by atoms with Crippen molar-refractivity contribution in [1.82, 2.24) is 4.98 Å². The minimum absolute atomic E-state index is 0.0802. The first-order chi connectivity index (χ1) is 8.41. The van der Waals surface area contributed by atoms with E-state index in [9.17, 15) is 9.90 Å². The number of fused-ring (bicyclic) bond motifs is 1. The Kier molecular flexibility index (Phi) is 2.95. The van der Waals surface area contributed by atoms with E-state index in [4.69, 9.17) is 4.42 Å². The SMILES string of the molecule is CC(=O)C(=C(C)O)c1nc2ccc(C)c(C)c2o1. The number of carbonyl (C=O) groups is 1. The van der Waals surface area contributed by atoms with Gasteiger partial charge in [-0.1, -0.05) is 6.07 Å². The van der Waals surface area contributed by atoms with Crippen LogP contribution >= 0.6 is 0 Å². The fourth-order valence-electron chi connectivity index (χ4n) is 1.89. The van der Waals surface area contributed by atoms with Gasteiger partial charge in [-0.2, -0.15) is 0 Å². The third-order valence-corrected chi connectivity index (χ3v) is 3.00. The fraction of sp³-hybridized carbons (Fsp3) is 0.286. The standard InChI is InChI=1S/C14H15NO3/c1-7-5-6-11-13(8(7)2)18-14(15-11)12(9(3)16)10(4)17/h5-6,16H,1-4H3. The first-order valence-corrected chi connectivity index (χ1v) is 5.69. The molecule has 4 heteroatoms. The van der Waals surface area contributed by atoms with Crippen molar-refractivity contribution < 1.29 is 14.3 Å². The number of oxazole rings is 1. The zero-order valence-corrected chi connectivity index (χ0v) is 10.9. The first-order valence-electron chi connectivity index (χ1n) is 5.69. The molecule has 94 valence electrons. The van der Waals surface area contributed by atoms with Crippen LogP contribution in [0.25, 0.3) is 16.7 Å². The maximum Gasteiger partial charge on any atom is 0.234 e. The topological polar surface area (TPSA) is 63.3 Å². The molecule has 0 spiro atoms. The van der Waals surface area contributed by atoms with Crippen molar-refractivity contribution in [3.8, 4) is 0 Å². The van der Waals surface area contributed by atoms with Gasteiger partial charge in [0.15, 0.2) is 11.4 Å². The minimum atomic E-state index is -0.268. The van der Waals surface area contributed by atoms with Gasteiger partial charge in [0.2, 0.25) is 5.89 Å². The Morgan fingerprint density at radius 1 is 1.28 bits per heavy atom. The molecule has 0 bridgehead atoms. The summed E-state index contributed by atoms with van der Waals surface area (Å²) in [4.78, 5) is 15.7. The summed E-state index contributed by atoms with van der Waals surface area (Å²) in [5, 5.41) is 9.54. The normalized spacial score (nSPS) is 12.7. The summed E-state index contributed by atoms with van der Waals surface area (Å²) >= 11 is 0. The van der Waals surface area contributed by atoms with Crippen LogP contribution in [0.2, 0.25) is 0 Å². The summed E-state index contributed by atoms with van der Waals surface area (Å²) in [6.45, 7) is 6.75. The Labute approximate surface area is 105 Å². The molecule has 1 N–H and O–H groups in total. The molecular weight excluding hydrogens is 230 g/mol. The van der Waals surface area contributed by atoms with E-state index < -0.39 is 0 Å². The van der Waals surface area contributed by atoms with Crippen LogP contribution in [-0.4, -0.2) is 15.9 Å². The lowest BCUT2D eigenvalue weighted by atomic mass is 10.1. The molecule has 4 nitrogen and oxygen atoms in total. The summed E-state index contributed by atoms with van der Waals surface area (Å²) in [6.07, 6.45) is 0. The van der Waals surface area contributed by atoms with Crippen molar-refractivity contribution in [2.75, 3.05) is 0 Å². The molecule has 1 aromatic carbocycles. The maximum atomic E-state index is 11.5. The van der Waals surface area contributed by atoms with Gasteiger partial charge in [-0.05, 0) is 44.9 Å². The van der Waals surface area contributed by atoms with Gasteiger partial charge >= 0.3 is 0 Å². The Bertz CT molecular complexity index is 661. The zero-order chi connectivity index (χ0) is 13.4. The summed E-state index contributed by atoms with van der Waals surface area (Å²) in [5.74, 6) is -0.175. The molecule has 0 aliphatic rings. The number of benzene rings is 1. The van der Waals surface area contributed by atoms with E-state index in [0.29, 0.717) is 11.1 Å². The van der Waals surface area contributed by atoms with Gasteiger partial charge < -0.3 is 9.52 Å². The number of carbonyl (C=O) groups excluding carboxylic acids is 1. The highest BCUT2D eigenvalue weighted by Crippen LogP contribution is 2.27. The number of rotatable bonds is 2. The highest BCUT2D eigenvalue weighted by molar-refractivity contribution is 6.19. The number of nitrogens with zero attached hydrogens (tertiary/aromatic N) is 1. The number of hydrogen-bond acceptors (Lipinski definition) is 4. The quantitative estimate of drug-likeness (QED) is 0.651. The monoisotopic (exact) mass is 245 g/mol. The van der Waals surface area contributed by atoms with Crippen molar-refractivity contribution in [2.24, 2.45) is 0 Å². The second-order valence-corrected chi connectivity index (χ2v) is 4.39. The number of aliphatic hydroxyl groups excluding tert-OH is 1. The van der Waals surface area contributed by atoms with Crippen molar-refractivity contribution >= 4 is 22.5 Å². The lowest BCUT2D eigenvalue weighted by molar-refractivity contribution is -0.112. The van der Waals surface area contributed by atoms with Gasteiger partial charge in [-0.3, -0.25) is 4.79 Å². The predicted molar refractivity (Wildman–Crippen MR) is 69.4 cm³/mol. The van der Waals surface area contributed by atoms with Gasteiger partial charge in [-0.25, -0.2) is 4.98 Å². The van der Waals surface area contributed by atoms with Crippen LogP contribution < -0.4 is 0 Å². The van der Waals surface area contributed by atoms with Crippen LogP contribution in [0.5, 0.6) is 0 Å². The second kappa shape index (κ2) is 4.29. The van der Waals surface area contributed by atoms with E-state index in [0.717, 1.165) is 11.1 Å². The van der Waals surface area contributed by atoms with Crippen molar-refractivity contribution in [2.45, 2.75) is 27.7 Å². The molecule has 1 heterocycles. The molecule has 0 atom stereocenters. The molecule has 0 aliphatic heterocycles. The summed E-state index contributed by atoms with van der Waals surface area (Å²) in [5.41, 5.74) is 3.56. The highest BCUT2D eigenvalue weighted by Gasteiger charge is 2.19. The zero-order valence-electron chi connectivity index (χ0n) is 10.9. The van der Waals surface area contributed by atoms with E-state index >= 15 is 0 Å². The first kappa shape index (κ1) is 12.4. The molecular formula is C14H15NO3. The minimum Gasteiger partial charge on any atom is -0.512 e. The molecule has 1 aromatic heterocycles. The average molecular weight is 245 g/mol. The van der Waals surface area contributed by atoms with Crippen molar-refractivity contribution in [1.29, 1.82) is 0 Å². The number of Topliss-reactive ketones (excluding diaryl/α,β-unsaturated/α-hetero) is 1. The second-order valence-electron chi connectivity index (χ2n) is 4.39. The Balaban J connectivity index is 2.72. The third kappa shape index (κ3) is 1.90. The summed E-state index contributed by atoms with van der Waals surface area (Å²) in [6, 6.07) is 3.79. The van der Waals surface area contributed by atoms with E-state index in [1.54, 1.807) is 0 Å². The molecule has 0 amide bonds. The molecule has 2 rings (SSSR count). The van der Waals surface area contributed by atoms with E-state index in [-0.39, 0.29) is 23.0 Å². The lowest BCUT2D eigenvalue weighted by Gasteiger charge is -1.99. The third-order valence-electron chi connectivity index (χ3n) is 3.00. The lowest BCUT2D eigenvalue weighted by Crippen LogP contribution is -1.99. The highest BCUT2D eigenvalue weighted by atomic mass is 16.4. The number of aromatic nitrogens is 1. The largest absolute Gasteiger partial charge is 0.512 e. The molecule has 0 radical (unpaired) electrons. The van der Waals surface area contributed by atoms with Crippen molar-refractivity contribution in [3.05, 3.63) is 34.9 Å².